The fraction of sp³-hybridized carbons (Fsp3) is 0.583. The molecule has 2 nitrogen and oxygen atoms in total. The average Bonchev–Trinajstić information content (AvgIpc) is 2.14. The minimum absolute atomic E-state index is 0.243. The molecule has 0 amide bonds. The van der Waals surface area contributed by atoms with Crippen molar-refractivity contribution in [3.8, 4) is 0 Å². The molecule has 0 aliphatic heterocycles. The molecule has 0 aromatic carbocycles. The van der Waals surface area contributed by atoms with Gasteiger partial charge in [0.05, 0.1) is 16.8 Å². The minimum atomic E-state index is -0.485. The van der Waals surface area contributed by atoms with Crippen LogP contribution in [0.3, 0.4) is 0 Å². The molecular formula is C12H18ClNO. The second-order valence-corrected chi connectivity index (χ2v) is 5.45. The maximum absolute atomic E-state index is 9.87. The number of aliphatic hydroxyl groups is 1. The summed E-state index contributed by atoms with van der Waals surface area (Å²) < 4.78 is 0. The standard InChI is InChI=1S/C12H18ClNO/c1-12(2,3)7-6-11(15)10-5-4-9(13)8-14-10/h4-5,8,11,15H,6-7H2,1-3H3. The van der Waals surface area contributed by atoms with Gasteiger partial charge in [0.15, 0.2) is 0 Å². The Morgan fingerprint density at radius 1 is 1.40 bits per heavy atom. The van der Waals surface area contributed by atoms with Crippen LogP contribution >= 0.6 is 11.6 Å². The molecule has 0 fully saturated rings. The lowest BCUT2D eigenvalue weighted by molar-refractivity contribution is 0.143. The second kappa shape index (κ2) is 4.95. The van der Waals surface area contributed by atoms with Crippen molar-refractivity contribution in [2.24, 2.45) is 5.41 Å². The van der Waals surface area contributed by atoms with Crippen LogP contribution in [0.4, 0.5) is 0 Å². The summed E-state index contributed by atoms with van der Waals surface area (Å²) in [5.74, 6) is 0. The van der Waals surface area contributed by atoms with Crippen molar-refractivity contribution >= 4 is 11.6 Å². The van der Waals surface area contributed by atoms with E-state index in [0.29, 0.717) is 10.7 Å². The van der Waals surface area contributed by atoms with E-state index in [0.717, 1.165) is 12.8 Å². The molecule has 15 heavy (non-hydrogen) atoms. The molecule has 0 aliphatic rings. The van der Waals surface area contributed by atoms with E-state index in [1.807, 2.05) is 0 Å². The molecule has 0 radical (unpaired) electrons. The fourth-order valence-electron chi connectivity index (χ4n) is 1.30. The van der Waals surface area contributed by atoms with Gasteiger partial charge in [0.2, 0.25) is 0 Å². The first-order valence-electron chi connectivity index (χ1n) is 5.18. The molecule has 1 aromatic rings. The number of rotatable bonds is 3. The van der Waals surface area contributed by atoms with Gasteiger partial charge in [-0.05, 0) is 30.4 Å². The summed E-state index contributed by atoms with van der Waals surface area (Å²) in [5, 5.41) is 10.5. The maximum Gasteiger partial charge on any atom is 0.0960 e. The van der Waals surface area contributed by atoms with Crippen LogP contribution in [-0.2, 0) is 0 Å². The summed E-state index contributed by atoms with van der Waals surface area (Å²) in [6.07, 6.45) is 2.79. The molecule has 3 heteroatoms. The van der Waals surface area contributed by atoms with E-state index >= 15 is 0 Å². The van der Waals surface area contributed by atoms with E-state index in [2.05, 4.69) is 25.8 Å². The summed E-state index contributed by atoms with van der Waals surface area (Å²) in [6, 6.07) is 3.53. The predicted octanol–water partition coefficient (Wildman–Crippen LogP) is 3.59. The van der Waals surface area contributed by atoms with Crippen LogP contribution in [0.25, 0.3) is 0 Å². The van der Waals surface area contributed by atoms with Gasteiger partial charge in [0, 0.05) is 6.20 Å². The highest BCUT2D eigenvalue weighted by Gasteiger charge is 2.15. The molecule has 0 aliphatic carbocycles. The molecule has 84 valence electrons. The lowest BCUT2D eigenvalue weighted by Crippen LogP contribution is -2.08. The topological polar surface area (TPSA) is 33.1 Å². The first-order valence-corrected chi connectivity index (χ1v) is 5.56. The number of hydrogen-bond acceptors (Lipinski definition) is 2. The van der Waals surface area contributed by atoms with E-state index < -0.39 is 6.10 Å². The van der Waals surface area contributed by atoms with E-state index in [-0.39, 0.29) is 5.41 Å². The first-order chi connectivity index (χ1) is 6.88. The quantitative estimate of drug-likeness (QED) is 0.856. The maximum atomic E-state index is 9.87. The zero-order chi connectivity index (χ0) is 11.5. The summed E-state index contributed by atoms with van der Waals surface area (Å²) in [7, 11) is 0. The molecule has 1 atom stereocenters. The largest absolute Gasteiger partial charge is 0.387 e. The van der Waals surface area contributed by atoms with E-state index in [1.54, 1.807) is 18.3 Å². The Hall–Kier alpha value is -0.600. The lowest BCUT2D eigenvalue weighted by atomic mass is 9.89. The average molecular weight is 228 g/mol. The van der Waals surface area contributed by atoms with Gasteiger partial charge in [-0.1, -0.05) is 32.4 Å². The molecule has 0 saturated carbocycles. The Morgan fingerprint density at radius 3 is 2.53 bits per heavy atom. The Bertz CT molecular complexity index is 302. The number of nitrogens with zero attached hydrogens (tertiary/aromatic N) is 1. The number of aliphatic hydroxyl groups excluding tert-OH is 1. The van der Waals surface area contributed by atoms with Gasteiger partial charge in [-0.2, -0.15) is 0 Å². The zero-order valence-electron chi connectivity index (χ0n) is 9.50. The third-order valence-corrected chi connectivity index (χ3v) is 2.48. The number of aromatic nitrogens is 1. The van der Waals surface area contributed by atoms with Gasteiger partial charge in [0.25, 0.3) is 0 Å². The van der Waals surface area contributed by atoms with Crippen molar-refractivity contribution < 1.29 is 5.11 Å². The fourth-order valence-corrected chi connectivity index (χ4v) is 1.41. The highest BCUT2D eigenvalue weighted by molar-refractivity contribution is 6.30. The van der Waals surface area contributed by atoms with Crippen molar-refractivity contribution in [3.05, 3.63) is 29.0 Å². The summed E-state index contributed by atoms with van der Waals surface area (Å²) in [4.78, 5) is 4.10. The van der Waals surface area contributed by atoms with Gasteiger partial charge < -0.3 is 5.11 Å². The molecule has 0 bridgehead atoms. The SMILES string of the molecule is CC(C)(C)CCC(O)c1ccc(Cl)cn1. The van der Waals surface area contributed by atoms with Crippen molar-refractivity contribution in [1.82, 2.24) is 4.98 Å². The number of hydrogen-bond donors (Lipinski definition) is 1. The Kier molecular flexibility index (Phi) is 4.12. The Balaban J connectivity index is 2.54. The highest BCUT2D eigenvalue weighted by Crippen LogP contribution is 2.26. The smallest absolute Gasteiger partial charge is 0.0960 e. The lowest BCUT2D eigenvalue weighted by Gasteiger charge is -2.20. The van der Waals surface area contributed by atoms with E-state index in [1.165, 1.54) is 0 Å². The van der Waals surface area contributed by atoms with Gasteiger partial charge in [-0.15, -0.1) is 0 Å². The zero-order valence-corrected chi connectivity index (χ0v) is 10.3. The van der Waals surface area contributed by atoms with Crippen molar-refractivity contribution in [3.63, 3.8) is 0 Å². The van der Waals surface area contributed by atoms with Gasteiger partial charge in [0.1, 0.15) is 0 Å². The van der Waals surface area contributed by atoms with Crippen molar-refractivity contribution in [2.45, 2.75) is 39.7 Å². The Morgan fingerprint density at radius 2 is 2.07 bits per heavy atom. The highest BCUT2D eigenvalue weighted by atomic mass is 35.5. The van der Waals surface area contributed by atoms with Crippen LogP contribution < -0.4 is 0 Å². The molecule has 1 rings (SSSR count). The first kappa shape index (κ1) is 12.5. The predicted molar refractivity (Wildman–Crippen MR) is 62.9 cm³/mol. The van der Waals surface area contributed by atoms with Crippen molar-refractivity contribution in [1.29, 1.82) is 0 Å². The van der Waals surface area contributed by atoms with Crippen LogP contribution in [0.5, 0.6) is 0 Å². The van der Waals surface area contributed by atoms with Crippen LogP contribution in [0.1, 0.15) is 45.4 Å². The van der Waals surface area contributed by atoms with E-state index in [4.69, 9.17) is 11.6 Å². The monoisotopic (exact) mass is 227 g/mol. The molecular weight excluding hydrogens is 210 g/mol. The molecule has 1 aromatic heterocycles. The normalized spacial score (nSPS) is 13.9. The van der Waals surface area contributed by atoms with E-state index in [9.17, 15) is 5.11 Å². The van der Waals surface area contributed by atoms with Gasteiger partial charge in [-0.3, -0.25) is 4.98 Å². The Labute approximate surface area is 96.3 Å². The molecule has 1 unspecified atom stereocenters. The van der Waals surface area contributed by atoms with Crippen LogP contribution in [0, 0.1) is 5.41 Å². The number of pyridine rings is 1. The summed E-state index contributed by atoms with van der Waals surface area (Å²) >= 11 is 5.72. The van der Waals surface area contributed by atoms with Gasteiger partial charge >= 0.3 is 0 Å². The second-order valence-electron chi connectivity index (χ2n) is 5.02. The van der Waals surface area contributed by atoms with Crippen LogP contribution in [0.2, 0.25) is 5.02 Å². The number of halogens is 1. The summed E-state index contributed by atoms with van der Waals surface area (Å²) in [5.41, 5.74) is 0.941. The van der Waals surface area contributed by atoms with Crippen LogP contribution in [-0.4, -0.2) is 10.1 Å². The molecule has 1 N–H and O–H groups in total. The molecule has 0 spiro atoms. The molecule has 1 heterocycles. The summed E-state index contributed by atoms with van der Waals surface area (Å²) in [6.45, 7) is 6.49. The van der Waals surface area contributed by atoms with Crippen molar-refractivity contribution in [2.75, 3.05) is 0 Å². The minimum Gasteiger partial charge on any atom is -0.387 e. The van der Waals surface area contributed by atoms with Crippen LogP contribution in [0.15, 0.2) is 18.3 Å². The third kappa shape index (κ3) is 4.63. The molecule has 0 saturated heterocycles. The third-order valence-electron chi connectivity index (χ3n) is 2.26. The van der Waals surface area contributed by atoms with Gasteiger partial charge in [-0.25, -0.2) is 0 Å².